The normalized spacial score (nSPS) is 19.2. The minimum absolute atomic E-state index is 0.342. The van der Waals surface area contributed by atoms with Crippen molar-refractivity contribution in [1.29, 1.82) is 0 Å². The number of nitrogens with zero attached hydrogens (tertiary/aromatic N) is 1. The van der Waals surface area contributed by atoms with Gasteiger partial charge in [0.1, 0.15) is 0 Å². The van der Waals surface area contributed by atoms with Crippen LogP contribution in [0, 0.1) is 12.8 Å². The fraction of sp³-hybridized carbons (Fsp3) is 0.647. The van der Waals surface area contributed by atoms with Crippen molar-refractivity contribution in [3.63, 3.8) is 0 Å². The van der Waals surface area contributed by atoms with Crippen molar-refractivity contribution in [3.8, 4) is 0 Å². The molecule has 1 fully saturated rings. The highest BCUT2D eigenvalue weighted by Gasteiger charge is 2.25. The van der Waals surface area contributed by atoms with Crippen LogP contribution in [0.2, 0.25) is 5.02 Å². The van der Waals surface area contributed by atoms with Gasteiger partial charge in [0, 0.05) is 17.6 Å². The van der Waals surface area contributed by atoms with E-state index in [9.17, 15) is 0 Å². The Morgan fingerprint density at radius 2 is 2.05 bits per heavy atom. The Morgan fingerprint density at radius 3 is 2.60 bits per heavy atom. The zero-order valence-electron chi connectivity index (χ0n) is 12.7. The summed E-state index contributed by atoms with van der Waals surface area (Å²) < 4.78 is 0. The third kappa shape index (κ3) is 3.75. The minimum Gasteiger partial charge on any atom is -0.329 e. The van der Waals surface area contributed by atoms with Crippen LogP contribution in [0.15, 0.2) is 18.2 Å². The number of hydrogen-bond donors (Lipinski definition) is 1. The van der Waals surface area contributed by atoms with E-state index in [2.05, 4.69) is 24.8 Å². The molecule has 1 aromatic rings. The van der Waals surface area contributed by atoms with Gasteiger partial charge in [-0.15, -0.1) is 0 Å². The Labute approximate surface area is 128 Å². The highest BCUT2D eigenvalue weighted by molar-refractivity contribution is 6.30. The van der Waals surface area contributed by atoms with E-state index in [1.54, 1.807) is 0 Å². The zero-order valence-corrected chi connectivity index (χ0v) is 13.5. The maximum atomic E-state index is 6.06. The molecular weight excluding hydrogens is 268 g/mol. The number of aryl methyl sites for hydroxylation is 1. The van der Waals surface area contributed by atoms with Crippen molar-refractivity contribution in [2.75, 3.05) is 19.6 Å². The monoisotopic (exact) mass is 294 g/mol. The van der Waals surface area contributed by atoms with Crippen molar-refractivity contribution in [1.82, 2.24) is 4.90 Å². The number of likely N-dealkylation sites (tertiary alicyclic amines) is 1. The van der Waals surface area contributed by atoms with Crippen LogP contribution >= 0.6 is 11.6 Å². The van der Waals surface area contributed by atoms with Gasteiger partial charge in [-0.2, -0.15) is 0 Å². The van der Waals surface area contributed by atoms with Crippen LogP contribution in [-0.4, -0.2) is 24.5 Å². The summed E-state index contributed by atoms with van der Waals surface area (Å²) in [6.07, 6.45) is 5.32. The molecule has 2 nitrogen and oxygen atoms in total. The second kappa shape index (κ2) is 7.44. The first kappa shape index (κ1) is 15.8. The summed E-state index contributed by atoms with van der Waals surface area (Å²) >= 11 is 6.06. The molecule has 1 saturated heterocycles. The Kier molecular flexibility index (Phi) is 5.88. The molecule has 0 saturated carbocycles. The molecule has 0 bridgehead atoms. The average molecular weight is 295 g/mol. The van der Waals surface area contributed by atoms with Crippen LogP contribution in [0.5, 0.6) is 0 Å². The van der Waals surface area contributed by atoms with Crippen molar-refractivity contribution in [2.45, 2.75) is 45.6 Å². The standard InChI is InChI=1S/C17H27ClN2/c1-3-4-14-7-9-20(10-8-14)17(12-19)16-6-5-15(18)11-13(16)2/h5-6,11,14,17H,3-4,7-10,12,19H2,1-2H3. The molecule has 1 aromatic carbocycles. The van der Waals surface area contributed by atoms with Crippen molar-refractivity contribution in [3.05, 3.63) is 34.3 Å². The van der Waals surface area contributed by atoms with E-state index in [4.69, 9.17) is 17.3 Å². The summed E-state index contributed by atoms with van der Waals surface area (Å²) in [5, 5.41) is 0.809. The molecule has 112 valence electrons. The lowest BCUT2D eigenvalue weighted by molar-refractivity contribution is 0.131. The molecule has 1 aliphatic heterocycles. The summed E-state index contributed by atoms with van der Waals surface area (Å²) in [5.41, 5.74) is 8.65. The summed E-state index contributed by atoms with van der Waals surface area (Å²) in [6.45, 7) is 7.45. The highest BCUT2D eigenvalue weighted by atomic mass is 35.5. The van der Waals surface area contributed by atoms with Crippen LogP contribution in [0.25, 0.3) is 0 Å². The Hall–Kier alpha value is -0.570. The maximum Gasteiger partial charge on any atom is 0.0473 e. The number of rotatable bonds is 5. The van der Waals surface area contributed by atoms with Gasteiger partial charge >= 0.3 is 0 Å². The molecule has 2 N–H and O–H groups in total. The van der Waals surface area contributed by atoms with Crippen molar-refractivity contribution < 1.29 is 0 Å². The van der Waals surface area contributed by atoms with Gasteiger partial charge in [0.2, 0.25) is 0 Å². The van der Waals surface area contributed by atoms with Crippen LogP contribution in [0.3, 0.4) is 0 Å². The molecule has 0 aromatic heterocycles. The molecule has 3 heteroatoms. The van der Waals surface area contributed by atoms with Gasteiger partial charge in [0.25, 0.3) is 0 Å². The molecule has 1 aliphatic rings. The zero-order chi connectivity index (χ0) is 14.5. The van der Waals surface area contributed by atoms with Gasteiger partial charge in [0.05, 0.1) is 0 Å². The third-order valence-electron chi connectivity index (χ3n) is 4.60. The van der Waals surface area contributed by atoms with Gasteiger partial charge < -0.3 is 5.73 Å². The van der Waals surface area contributed by atoms with E-state index in [1.165, 1.54) is 49.9 Å². The van der Waals surface area contributed by atoms with E-state index in [1.807, 2.05) is 12.1 Å². The Morgan fingerprint density at radius 1 is 1.35 bits per heavy atom. The predicted octanol–water partition coefficient (Wildman–Crippen LogP) is 4.16. The van der Waals surface area contributed by atoms with Crippen LogP contribution in [0.4, 0.5) is 0 Å². The molecule has 0 spiro atoms. The molecular formula is C17H27ClN2. The number of hydrogen-bond acceptors (Lipinski definition) is 2. The van der Waals surface area contributed by atoms with Gasteiger partial charge in [-0.3, -0.25) is 4.90 Å². The van der Waals surface area contributed by atoms with Gasteiger partial charge in [-0.05, 0) is 62.0 Å². The molecule has 1 unspecified atom stereocenters. The molecule has 20 heavy (non-hydrogen) atoms. The van der Waals surface area contributed by atoms with E-state index < -0.39 is 0 Å². The summed E-state index contributed by atoms with van der Waals surface area (Å²) in [7, 11) is 0. The van der Waals surface area contributed by atoms with E-state index in [0.717, 1.165) is 10.9 Å². The molecule has 0 amide bonds. The van der Waals surface area contributed by atoms with Gasteiger partial charge in [-0.25, -0.2) is 0 Å². The van der Waals surface area contributed by atoms with E-state index in [0.29, 0.717) is 12.6 Å². The lowest BCUT2D eigenvalue weighted by Gasteiger charge is -2.38. The Bertz CT molecular complexity index is 425. The largest absolute Gasteiger partial charge is 0.329 e. The second-order valence-electron chi connectivity index (χ2n) is 6.02. The first-order valence-corrected chi connectivity index (χ1v) is 8.23. The molecule has 2 rings (SSSR count). The van der Waals surface area contributed by atoms with E-state index in [-0.39, 0.29) is 0 Å². The number of nitrogens with two attached hydrogens (primary N) is 1. The quantitative estimate of drug-likeness (QED) is 0.883. The van der Waals surface area contributed by atoms with Gasteiger partial charge in [0.15, 0.2) is 0 Å². The topological polar surface area (TPSA) is 29.3 Å². The molecule has 1 heterocycles. The Balaban J connectivity index is 2.05. The summed E-state index contributed by atoms with van der Waals surface area (Å²) in [6, 6.07) is 6.52. The third-order valence-corrected chi connectivity index (χ3v) is 4.84. The lowest BCUT2D eigenvalue weighted by atomic mass is 9.90. The number of piperidine rings is 1. The lowest BCUT2D eigenvalue weighted by Crippen LogP contribution is -2.40. The van der Waals surface area contributed by atoms with Crippen LogP contribution in [-0.2, 0) is 0 Å². The molecule has 0 radical (unpaired) electrons. The number of benzene rings is 1. The van der Waals surface area contributed by atoms with Crippen molar-refractivity contribution in [2.24, 2.45) is 11.7 Å². The highest BCUT2D eigenvalue weighted by Crippen LogP contribution is 2.30. The smallest absolute Gasteiger partial charge is 0.0473 e. The fourth-order valence-corrected chi connectivity index (χ4v) is 3.67. The summed E-state index contributed by atoms with van der Waals surface area (Å²) in [4.78, 5) is 2.56. The predicted molar refractivity (Wildman–Crippen MR) is 87.2 cm³/mol. The first-order valence-electron chi connectivity index (χ1n) is 7.85. The SMILES string of the molecule is CCCC1CCN(C(CN)c2ccc(Cl)cc2C)CC1. The van der Waals surface area contributed by atoms with E-state index >= 15 is 0 Å². The minimum atomic E-state index is 0.342. The first-order chi connectivity index (χ1) is 9.65. The maximum absolute atomic E-state index is 6.06. The molecule has 1 atom stereocenters. The number of halogens is 1. The fourth-order valence-electron chi connectivity index (χ4n) is 3.45. The molecule has 0 aliphatic carbocycles. The van der Waals surface area contributed by atoms with Gasteiger partial charge in [-0.1, -0.05) is 37.4 Å². The van der Waals surface area contributed by atoms with Crippen molar-refractivity contribution >= 4 is 11.6 Å². The van der Waals surface area contributed by atoms with Crippen LogP contribution < -0.4 is 5.73 Å². The second-order valence-corrected chi connectivity index (χ2v) is 6.46. The summed E-state index contributed by atoms with van der Waals surface area (Å²) in [5.74, 6) is 0.918. The average Bonchev–Trinajstić information content (AvgIpc) is 2.44. The van der Waals surface area contributed by atoms with Crippen LogP contribution in [0.1, 0.15) is 49.8 Å².